The Morgan fingerprint density at radius 3 is 1.56 bits per heavy atom. The van der Waals surface area contributed by atoms with Gasteiger partial charge in [0.25, 0.3) is 0 Å². The van der Waals surface area contributed by atoms with Crippen LogP contribution in [0.5, 0.6) is 0 Å². The Hall–Kier alpha value is -3.23. The second-order valence-electron chi connectivity index (χ2n) is 6.48. The van der Waals surface area contributed by atoms with Gasteiger partial charge in [-0.1, -0.05) is 78.3 Å². The molecule has 1 heterocycles. The molecular formula is C24H15ClN2. The lowest BCUT2D eigenvalue weighted by Gasteiger charge is -2.11. The number of fused-ring (bicyclic) bond motifs is 2. The van der Waals surface area contributed by atoms with Crippen LogP contribution in [-0.2, 0) is 0 Å². The summed E-state index contributed by atoms with van der Waals surface area (Å²) in [6.45, 7) is 0. The summed E-state index contributed by atoms with van der Waals surface area (Å²) < 4.78 is 0. The zero-order valence-corrected chi connectivity index (χ0v) is 15.2. The quantitative estimate of drug-likeness (QED) is 0.322. The number of benzene rings is 4. The zero-order chi connectivity index (χ0) is 18.2. The summed E-state index contributed by atoms with van der Waals surface area (Å²) in [6.07, 6.45) is 0. The Bertz CT molecular complexity index is 1260. The average Bonchev–Trinajstić information content (AvgIpc) is 2.72. The molecule has 0 N–H and O–H groups in total. The molecule has 128 valence electrons. The molecule has 0 radical (unpaired) electrons. The van der Waals surface area contributed by atoms with Crippen molar-refractivity contribution in [2.45, 2.75) is 0 Å². The van der Waals surface area contributed by atoms with Crippen molar-refractivity contribution < 1.29 is 0 Å². The molecule has 0 aliphatic rings. The lowest BCUT2D eigenvalue weighted by molar-refractivity contribution is 1.30. The van der Waals surface area contributed by atoms with E-state index >= 15 is 0 Å². The van der Waals surface area contributed by atoms with E-state index in [-0.39, 0.29) is 0 Å². The second kappa shape index (κ2) is 6.49. The number of hydrogen-bond donors (Lipinski definition) is 0. The highest BCUT2D eigenvalue weighted by Crippen LogP contribution is 2.32. The van der Waals surface area contributed by atoms with Gasteiger partial charge in [0.05, 0.1) is 22.4 Å². The summed E-state index contributed by atoms with van der Waals surface area (Å²) in [5, 5.41) is 3.03. The van der Waals surface area contributed by atoms with E-state index in [1.54, 1.807) is 0 Å². The van der Waals surface area contributed by atoms with E-state index in [0.717, 1.165) is 44.3 Å². The van der Waals surface area contributed by atoms with E-state index < -0.39 is 0 Å². The van der Waals surface area contributed by atoms with E-state index in [2.05, 4.69) is 36.4 Å². The molecule has 0 unspecified atom stereocenters. The highest BCUT2D eigenvalue weighted by molar-refractivity contribution is 6.30. The molecule has 0 aliphatic carbocycles. The van der Waals surface area contributed by atoms with E-state index in [4.69, 9.17) is 21.6 Å². The molecule has 0 amide bonds. The van der Waals surface area contributed by atoms with Crippen LogP contribution >= 0.6 is 11.6 Å². The number of nitrogens with zero attached hydrogens (tertiary/aromatic N) is 2. The van der Waals surface area contributed by atoms with Gasteiger partial charge in [0, 0.05) is 16.1 Å². The summed E-state index contributed by atoms with van der Waals surface area (Å²) in [5.74, 6) is 0. The smallest absolute Gasteiger partial charge is 0.0973 e. The fourth-order valence-corrected chi connectivity index (χ4v) is 3.47. The van der Waals surface area contributed by atoms with Crippen LogP contribution in [0.15, 0.2) is 91.0 Å². The molecule has 27 heavy (non-hydrogen) atoms. The first-order chi connectivity index (χ1) is 13.3. The third-order valence-corrected chi connectivity index (χ3v) is 4.95. The molecule has 0 atom stereocenters. The topological polar surface area (TPSA) is 25.8 Å². The van der Waals surface area contributed by atoms with Crippen molar-refractivity contribution >= 4 is 33.4 Å². The Balaban J connectivity index is 1.84. The molecule has 0 saturated carbocycles. The van der Waals surface area contributed by atoms with Gasteiger partial charge in [0.1, 0.15) is 0 Å². The minimum absolute atomic E-state index is 0.708. The average molecular weight is 367 g/mol. The third-order valence-electron chi connectivity index (χ3n) is 4.70. The van der Waals surface area contributed by atoms with Gasteiger partial charge in [-0.3, -0.25) is 0 Å². The lowest BCUT2D eigenvalue weighted by atomic mass is 10.0. The van der Waals surface area contributed by atoms with Crippen molar-refractivity contribution in [3.8, 4) is 22.5 Å². The molecule has 2 nitrogen and oxygen atoms in total. The molecule has 5 aromatic rings. The largest absolute Gasteiger partial charge is 0.244 e. The number of hydrogen-bond acceptors (Lipinski definition) is 2. The van der Waals surface area contributed by atoms with E-state index in [0.29, 0.717) is 5.02 Å². The molecule has 0 fully saturated rings. The van der Waals surface area contributed by atoms with Crippen LogP contribution < -0.4 is 0 Å². The lowest BCUT2D eigenvalue weighted by Crippen LogP contribution is -1.95. The molecule has 1 aromatic heterocycles. The summed E-state index contributed by atoms with van der Waals surface area (Å²) in [5.41, 5.74) is 5.57. The van der Waals surface area contributed by atoms with Crippen LogP contribution in [0, 0.1) is 0 Å². The van der Waals surface area contributed by atoms with Crippen LogP contribution in [0.3, 0.4) is 0 Å². The summed E-state index contributed by atoms with van der Waals surface area (Å²) in [6, 6.07) is 30.4. The van der Waals surface area contributed by atoms with Crippen molar-refractivity contribution in [3.63, 3.8) is 0 Å². The first-order valence-electron chi connectivity index (χ1n) is 8.80. The maximum atomic E-state index is 6.08. The molecule has 4 aromatic carbocycles. The SMILES string of the molecule is Clc1ccc(-c2nc3cc4ccccc4cc3nc2-c2ccccc2)cc1. The van der Waals surface area contributed by atoms with E-state index in [1.807, 2.05) is 54.6 Å². The predicted molar refractivity (Wildman–Crippen MR) is 113 cm³/mol. The molecule has 0 saturated heterocycles. The number of halogens is 1. The Morgan fingerprint density at radius 2 is 1.00 bits per heavy atom. The van der Waals surface area contributed by atoms with Crippen LogP contribution in [0.1, 0.15) is 0 Å². The molecule has 0 spiro atoms. The van der Waals surface area contributed by atoms with Crippen molar-refractivity contribution in [2.75, 3.05) is 0 Å². The van der Waals surface area contributed by atoms with Crippen molar-refractivity contribution in [2.24, 2.45) is 0 Å². The minimum atomic E-state index is 0.708. The first-order valence-corrected chi connectivity index (χ1v) is 9.18. The van der Waals surface area contributed by atoms with Crippen LogP contribution in [-0.4, -0.2) is 9.97 Å². The highest BCUT2D eigenvalue weighted by atomic mass is 35.5. The normalized spacial score (nSPS) is 11.1. The fourth-order valence-electron chi connectivity index (χ4n) is 3.35. The van der Waals surface area contributed by atoms with Crippen molar-refractivity contribution in [1.82, 2.24) is 9.97 Å². The predicted octanol–water partition coefficient (Wildman–Crippen LogP) is 6.77. The third kappa shape index (κ3) is 2.94. The summed E-state index contributed by atoms with van der Waals surface area (Å²) in [7, 11) is 0. The van der Waals surface area contributed by atoms with Gasteiger partial charge in [-0.25, -0.2) is 9.97 Å². The van der Waals surface area contributed by atoms with Gasteiger partial charge >= 0.3 is 0 Å². The first kappa shape index (κ1) is 16.0. The van der Waals surface area contributed by atoms with Crippen LogP contribution in [0.25, 0.3) is 44.3 Å². The molecule has 5 rings (SSSR count). The van der Waals surface area contributed by atoms with Crippen LogP contribution in [0.2, 0.25) is 5.02 Å². The monoisotopic (exact) mass is 366 g/mol. The summed E-state index contributed by atoms with van der Waals surface area (Å²) in [4.78, 5) is 9.99. The second-order valence-corrected chi connectivity index (χ2v) is 6.92. The van der Waals surface area contributed by atoms with Gasteiger partial charge in [0.15, 0.2) is 0 Å². The minimum Gasteiger partial charge on any atom is -0.244 e. The van der Waals surface area contributed by atoms with Crippen LogP contribution in [0.4, 0.5) is 0 Å². The standard InChI is InChI=1S/C24H15ClN2/c25-20-12-10-17(11-13-20)24-23(16-6-2-1-3-7-16)26-21-14-18-8-4-5-9-19(18)15-22(21)27-24/h1-15H. The van der Waals surface area contributed by atoms with E-state index in [1.165, 1.54) is 0 Å². The van der Waals surface area contributed by atoms with Gasteiger partial charge in [-0.15, -0.1) is 0 Å². The number of rotatable bonds is 2. The molecule has 0 aliphatic heterocycles. The molecule has 0 bridgehead atoms. The molecule has 3 heteroatoms. The molecular weight excluding hydrogens is 352 g/mol. The van der Waals surface area contributed by atoms with Gasteiger partial charge in [0.2, 0.25) is 0 Å². The Morgan fingerprint density at radius 1 is 0.519 bits per heavy atom. The highest BCUT2D eigenvalue weighted by Gasteiger charge is 2.13. The van der Waals surface area contributed by atoms with E-state index in [9.17, 15) is 0 Å². The van der Waals surface area contributed by atoms with Gasteiger partial charge in [-0.05, 0) is 35.0 Å². The Kier molecular flexibility index (Phi) is 3.84. The zero-order valence-electron chi connectivity index (χ0n) is 14.4. The van der Waals surface area contributed by atoms with Crippen molar-refractivity contribution in [3.05, 3.63) is 96.0 Å². The Labute approximate surface area is 162 Å². The van der Waals surface area contributed by atoms with Gasteiger partial charge < -0.3 is 0 Å². The number of aromatic nitrogens is 2. The maximum absolute atomic E-state index is 6.08. The summed E-state index contributed by atoms with van der Waals surface area (Å²) >= 11 is 6.08. The fraction of sp³-hybridized carbons (Fsp3) is 0. The maximum Gasteiger partial charge on any atom is 0.0973 e. The van der Waals surface area contributed by atoms with Crippen molar-refractivity contribution in [1.29, 1.82) is 0 Å². The van der Waals surface area contributed by atoms with Gasteiger partial charge in [-0.2, -0.15) is 0 Å².